The maximum atomic E-state index is 14.8. The summed E-state index contributed by atoms with van der Waals surface area (Å²) in [7, 11) is 0. The molecule has 0 spiro atoms. The summed E-state index contributed by atoms with van der Waals surface area (Å²) in [6.07, 6.45) is -0.750. The molecule has 2 amide bonds. The molecule has 2 saturated heterocycles. The van der Waals surface area contributed by atoms with Crippen LogP contribution in [-0.4, -0.2) is 47.5 Å². The monoisotopic (exact) mass is 539 g/mol. The van der Waals surface area contributed by atoms with Gasteiger partial charge in [0.25, 0.3) is 12.3 Å². The van der Waals surface area contributed by atoms with E-state index in [2.05, 4.69) is 16.2 Å². The van der Waals surface area contributed by atoms with E-state index in [0.29, 0.717) is 6.07 Å². The number of nitrogens with zero attached hydrogens (tertiary/aromatic N) is 2. The Bertz CT molecular complexity index is 1240. The van der Waals surface area contributed by atoms with E-state index in [1.165, 1.54) is 11.0 Å². The molecule has 1 aromatic heterocycles. The molecule has 0 saturated carbocycles. The Kier molecular flexibility index (Phi) is 7.97. The van der Waals surface area contributed by atoms with Crippen molar-refractivity contribution in [3.05, 3.63) is 64.7 Å². The quantitative estimate of drug-likeness (QED) is 0.415. The molecule has 0 unspecified atom stereocenters. The van der Waals surface area contributed by atoms with Gasteiger partial charge in [-0.1, -0.05) is 6.07 Å². The summed E-state index contributed by atoms with van der Waals surface area (Å²) < 4.78 is 85.3. The second-order valence-electron chi connectivity index (χ2n) is 9.27. The highest BCUT2D eigenvalue weighted by Crippen LogP contribution is 2.35. The summed E-state index contributed by atoms with van der Waals surface area (Å²) in [6, 6.07) is 2.19. The molecule has 0 aliphatic carbocycles. The maximum absolute atomic E-state index is 14.8. The van der Waals surface area contributed by atoms with Crippen molar-refractivity contribution in [3.8, 4) is 12.3 Å². The number of nitrogens with one attached hydrogen (secondary N) is 1. The van der Waals surface area contributed by atoms with E-state index in [4.69, 9.17) is 11.2 Å². The number of hydrogen-bond acceptors (Lipinski definition) is 4. The van der Waals surface area contributed by atoms with Crippen molar-refractivity contribution in [2.75, 3.05) is 19.8 Å². The van der Waals surface area contributed by atoms with Crippen LogP contribution in [0.2, 0.25) is 0 Å². The van der Waals surface area contributed by atoms with E-state index < -0.39 is 59.5 Å². The molecule has 2 fully saturated rings. The van der Waals surface area contributed by atoms with Gasteiger partial charge in [-0.2, -0.15) is 13.2 Å². The number of carbonyl (C=O) groups excluding carboxylic acids is 2. The molecule has 2 aromatic rings. The van der Waals surface area contributed by atoms with Gasteiger partial charge in [0.1, 0.15) is 17.6 Å². The van der Waals surface area contributed by atoms with E-state index in [0.717, 1.165) is 24.4 Å². The second-order valence-corrected chi connectivity index (χ2v) is 9.27. The molecule has 1 N–H and O–H groups in total. The van der Waals surface area contributed by atoms with Crippen LogP contribution in [0, 0.1) is 30.0 Å². The second kappa shape index (κ2) is 11.0. The summed E-state index contributed by atoms with van der Waals surface area (Å²) in [6.45, 7) is 0.372. The summed E-state index contributed by atoms with van der Waals surface area (Å²) in [4.78, 5) is 31.5. The lowest BCUT2D eigenvalue weighted by atomic mass is 9.90. The number of halogens is 6. The topological polar surface area (TPSA) is 71.5 Å². The number of carbonyl (C=O) groups is 2. The van der Waals surface area contributed by atoms with Crippen LogP contribution in [-0.2, 0) is 15.7 Å². The van der Waals surface area contributed by atoms with Gasteiger partial charge < -0.3 is 15.0 Å². The summed E-state index contributed by atoms with van der Waals surface area (Å²) >= 11 is 0. The zero-order valence-corrected chi connectivity index (χ0v) is 19.9. The Morgan fingerprint density at radius 1 is 1.21 bits per heavy atom. The smallest absolute Gasteiger partial charge is 0.381 e. The summed E-state index contributed by atoms with van der Waals surface area (Å²) in [5.74, 6) is -0.680. The number of amides is 2. The van der Waals surface area contributed by atoms with Crippen LogP contribution in [0.3, 0.4) is 0 Å². The van der Waals surface area contributed by atoms with Gasteiger partial charge in [-0.15, -0.1) is 12.3 Å². The lowest BCUT2D eigenvalue weighted by Gasteiger charge is -2.36. The van der Waals surface area contributed by atoms with E-state index in [9.17, 15) is 35.9 Å². The van der Waals surface area contributed by atoms with Crippen molar-refractivity contribution in [3.63, 3.8) is 0 Å². The standard InChI is InChI=1S/C26H23F6N3O3/c1-2-3-14-8-21(35(11-14)25(37)15-6-7-33-20(9-15)23(28)29)24(36)34-22(16-12-38-13-16)18-5-4-17(10-19(18)27)26(30,31)32/h1,4-7,9-10,14,16,21-23H,3,8,11-13H2,(H,34,36)/t14-,21-,22-/m1/s1. The SMILES string of the molecule is C#CC[C@@H]1C[C@H](C(=O)N[C@@H](c2ccc(C(F)(F)F)cc2F)C2COC2)N(C(=O)c2ccnc(C(F)F)c2)C1. The van der Waals surface area contributed by atoms with Crippen LogP contribution in [0.5, 0.6) is 0 Å². The molecule has 0 radical (unpaired) electrons. The molecule has 4 rings (SSSR count). The first-order chi connectivity index (χ1) is 18.0. The van der Waals surface area contributed by atoms with Crippen molar-refractivity contribution >= 4 is 11.8 Å². The minimum absolute atomic E-state index is 0.0826. The van der Waals surface area contributed by atoms with Gasteiger partial charge in [0.2, 0.25) is 5.91 Å². The number of rotatable bonds is 7. The lowest BCUT2D eigenvalue weighted by molar-refractivity contribution is -0.138. The lowest BCUT2D eigenvalue weighted by Crippen LogP contribution is -2.50. The van der Waals surface area contributed by atoms with Crippen molar-refractivity contribution in [2.45, 2.75) is 37.5 Å². The van der Waals surface area contributed by atoms with Crippen LogP contribution in [0.4, 0.5) is 26.3 Å². The molecule has 3 heterocycles. The van der Waals surface area contributed by atoms with Crippen molar-refractivity contribution in [1.29, 1.82) is 0 Å². The van der Waals surface area contributed by atoms with Gasteiger partial charge in [-0.3, -0.25) is 14.6 Å². The van der Waals surface area contributed by atoms with Gasteiger partial charge >= 0.3 is 6.18 Å². The normalized spacial score (nSPS) is 20.6. The van der Waals surface area contributed by atoms with Gasteiger partial charge in [0.15, 0.2) is 0 Å². The molecule has 0 bridgehead atoms. The van der Waals surface area contributed by atoms with Crippen LogP contribution < -0.4 is 5.32 Å². The zero-order chi connectivity index (χ0) is 27.6. The Morgan fingerprint density at radius 2 is 1.95 bits per heavy atom. The molecule has 38 heavy (non-hydrogen) atoms. The molecule has 6 nitrogen and oxygen atoms in total. The van der Waals surface area contributed by atoms with Crippen LogP contribution in [0.25, 0.3) is 0 Å². The average Bonchev–Trinajstić information content (AvgIpc) is 3.26. The number of pyridine rings is 1. The Morgan fingerprint density at radius 3 is 2.53 bits per heavy atom. The third-order valence-corrected chi connectivity index (χ3v) is 6.71. The highest BCUT2D eigenvalue weighted by molar-refractivity contribution is 5.98. The van der Waals surface area contributed by atoms with Gasteiger partial charge in [-0.05, 0) is 36.6 Å². The Labute approximate surface area is 214 Å². The molecular formula is C26H23F6N3O3. The zero-order valence-electron chi connectivity index (χ0n) is 19.9. The first kappa shape index (κ1) is 27.4. The highest BCUT2D eigenvalue weighted by atomic mass is 19.4. The minimum Gasteiger partial charge on any atom is -0.381 e. The molecule has 2 aliphatic heterocycles. The average molecular weight is 539 g/mol. The van der Waals surface area contributed by atoms with Crippen LogP contribution >= 0.6 is 0 Å². The molecule has 1 aromatic carbocycles. The Balaban J connectivity index is 1.60. The number of likely N-dealkylation sites (tertiary alicyclic amines) is 1. The van der Waals surface area contributed by atoms with Gasteiger partial charge in [-0.25, -0.2) is 13.2 Å². The summed E-state index contributed by atoms with van der Waals surface area (Å²) in [5.41, 5.74) is -2.00. The summed E-state index contributed by atoms with van der Waals surface area (Å²) in [5, 5.41) is 2.69. The van der Waals surface area contributed by atoms with E-state index in [1.54, 1.807) is 0 Å². The van der Waals surface area contributed by atoms with Crippen molar-refractivity contribution in [1.82, 2.24) is 15.2 Å². The fraction of sp³-hybridized carbons (Fsp3) is 0.423. The predicted molar refractivity (Wildman–Crippen MR) is 122 cm³/mol. The van der Waals surface area contributed by atoms with Gasteiger partial charge in [0, 0.05) is 36.2 Å². The number of hydrogen-bond donors (Lipinski definition) is 1. The Hall–Kier alpha value is -3.59. The molecule has 2 aliphatic rings. The highest BCUT2D eigenvalue weighted by Gasteiger charge is 2.42. The fourth-order valence-corrected chi connectivity index (χ4v) is 4.68. The molecule has 202 valence electrons. The molecule has 12 heteroatoms. The largest absolute Gasteiger partial charge is 0.416 e. The molecular weight excluding hydrogens is 516 g/mol. The van der Waals surface area contributed by atoms with E-state index >= 15 is 0 Å². The van der Waals surface area contributed by atoms with E-state index in [-0.39, 0.29) is 49.6 Å². The minimum atomic E-state index is -4.74. The first-order valence-corrected chi connectivity index (χ1v) is 11.7. The number of aromatic nitrogens is 1. The number of benzene rings is 1. The predicted octanol–water partition coefficient (Wildman–Crippen LogP) is 4.54. The first-order valence-electron chi connectivity index (χ1n) is 11.7. The number of terminal acetylenes is 1. The van der Waals surface area contributed by atoms with Gasteiger partial charge in [0.05, 0.1) is 24.8 Å². The third kappa shape index (κ3) is 5.78. The van der Waals surface area contributed by atoms with E-state index in [1.807, 2.05) is 0 Å². The van der Waals surface area contributed by atoms with Crippen LogP contribution in [0.15, 0.2) is 36.5 Å². The molecule has 3 atom stereocenters. The number of ether oxygens (including phenoxy) is 1. The fourth-order valence-electron chi connectivity index (χ4n) is 4.68. The third-order valence-electron chi connectivity index (χ3n) is 6.71. The maximum Gasteiger partial charge on any atom is 0.416 e. The number of alkyl halides is 5. The van der Waals surface area contributed by atoms with Crippen LogP contribution in [0.1, 0.15) is 52.5 Å². The van der Waals surface area contributed by atoms with Crippen molar-refractivity contribution in [2.24, 2.45) is 11.8 Å². The van der Waals surface area contributed by atoms with Crippen molar-refractivity contribution < 1.29 is 40.7 Å².